The minimum atomic E-state index is -0.0732. The zero-order valence-electron chi connectivity index (χ0n) is 16.7. The molecule has 3 nitrogen and oxygen atoms in total. The summed E-state index contributed by atoms with van der Waals surface area (Å²) >= 11 is 0. The predicted molar refractivity (Wildman–Crippen MR) is 109 cm³/mol. The van der Waals surface area contributed by atoms with Crippen LogP contribution in [0.3, 0.4) is 0 Å². The third-order valence-corrected chi connectivity index (χ3v) is 7.41. The largest absolute Gasteiger partial charge is 0.464 e. The monoisotopic (exact) mass is 369 g/mol. The molecule has 1 heterocycles. The van der Waals surface area contributed by atoms with Gasteiger partial charge in [-0.2, -0.15) is 0 Å². The van der Waals surface area contributed by atoms with Crippen molar-refractivity contribution in [1.29, 1.82) is 0 Å². The summed E-state index contributed by atoms with van der Waals surface area (Å²) in [6, 6.07) is 10.3. The molecule has 0 amide bonds. The van der Waals surface area contributed by atoms with Gasteiger partial charge in [0.1, 0.15) is 6.61 Å². The number of carbonyl (C=O) groups excluding carboxylic acids is 1. The zero-order valence-corrected chi connectivity index (χ0v) is 16.7. The highest BCUT2D eigenvalue weighted by atomic mass is 16.5. The number of hydrogen-bond acceptors (Lipinski definition) is 3. The second-order valence-electron chi connectivity index (χ2n) is 8.98. The highest BCUT2D eigenvalue weighted by Crippen LogP contribution is 2.41. The molecule has 4 rings (SSSR count). The lowest BCUT2D eigenvalue weighted by Crippen LogP contribution is -2.46. The molecule has 1 aromatic carbocycles. The molecule has 0 aromatic heterocycles. The van der Waals surface area contributed by atoms with Crippen molar-refractivity contribution in [3.63, 3.8) is 0 Å². The minimum Gasteiger partial charge on any atom is -0.464 e. The second-order valence-corrected chi connectivity index (χ2v) is 8.98. The maximum Gasteiger partial charge on any atom is 0.313 e. The molecule has 0 radical (unpaired) electrons. The molecular weight excluding hydrogens is 334 g/mol. The van der Waals surface area contributed by atoms with Crippen LogP contribution in [-0.4, -0.2) is 36.1 Å². The fourth-order valence-corrected chi connectivity index (χ4v) is 6.02. The van der Waals surface area contributed by atoms with E-state index in [-0.39, 0.29) is 11.9 Å². The van der Waals surface area contributed by atoms with Crippen molar-refractivity contribution in [2.24, 2.45) is 5.92 Å². The molecule has 3 aliphatic rings. The van der Waals surface area contributed by atoms with Gasteiger partial charge in [-0.05, 0) is 56.6 Å². The first-order valence-electron chi connectivity index (χ1n) is 11.3. The molecular formula is C24H35NO2. The fourth-order valence-electron chi connectivity index (χ4n) is 6.02. The van der Waals surface area contributed by atoms with Crippen LogP contribution < -0.4 is 0 Å². The van der Waals surface area contributed by atoms with E-state index < -0.39 is 0 Å². The maximum absolute atomic E-state index is 13.0. The van der Waals surface area contributed by atoms with Crippen molar-refractivity contribution in [2.75, 3.05) is 19.7 Å². The van der Waals surface area contributed by atoms with Gasteiger partial charge in [-0.25, -0.2) is 0 Å². The molecule has 0 unspecified atom stereocenters. The first kappa shape index (κ1) is 19.0. The van der Waals surface area contributed by atoms with Gasteiger partial charge in [-0.15, -0.1) is 0 Å². The van der Waals surface area contributed by atoms with Crippen LogP contribution in [0.15, 0.2) is 30.3 Å². The molecule has 1 spiro atoms. The Hall–Kier alpha value is -1.35. The van der Waals surface area contributed by atoms with Gasteiger partial charge in [0.05, 0.1) is 5.92 Å². The number of esters is 1. The van der Waals surface area contributed by atoms with Crippen LogP contribution in [0.4, 0.5) is 0 Å². The standard InChI is InChI=1S/C24H35NO2/c26-23(22(21-12-5-6-13-21)20-10-3-1-4-11-20)27-19-18-25-17-9-16-24(25)14-7-2-8-15-24/h1,3-4,10-11,21-22H,2,5-9,12-19H2/t22-/m0/s1. The number of likely N-dealkylation sites (tertiary alicyclic amines) is 1. The van der Waals surface area contributed by atoms with E-state index in [4.69, 9.17) is 4.74 Å². The highest BCUT2D eigenvalue weighted by molar-refractivity contribution is 5.78. The first-order valence-corrected chi connectivity index (χ1v) is 11.3. The van der Waals surface area contributed by atoms with E-state index in [1.54, 1.807) is 0 Å². The Morgan fingerprint density at radius 1 is 1.00 bits per heavy atom. The van der Waals surface area contributed by atoms with Crippen molar-refractivity contribution in [3.05, 3.63) is 35.9 Å². The Morgan fingerprint density at radius 2 is 1.70 bits per heavy atom. The van der Waals surface area contributed by atoms with E-state index in [2.05, 4.69) is 17.0 Å². The van der Waals surface area contributed by atoms with Gasteiger partial charge < -0.3 is 4.74 Å². The molecule has 1 aromatic rings. The lowest BCUT2D eigenvalue weighted by atomic mass is 9.80. The van der Waals surface area contributed by atoms with E-state index in [9.17, 15) is 4.79 Å². The number of benzene rings is 1. The summed E-state index contributed by atoms with van der Waals surface area (Å²) in [7, 11) is 0. The zero-order chi connectivity index (χ0) is 18.5. The average molecular weight is 370 g/mol. The molecule has 2 saturated carbocycles. The van der Waals surface area contributed by atoms with E-state index in [0.29, 0.717) is 18.1 Å². The van der Waals surface area contributed by atoms with Gasteiger partial charge in [-0.1, -0.05) is 62.4 Å². The van der Waals surface area contributed by atoms with Crippen LogP contribution >= 0.6 is 0 Å². The van der Waals surface area contributed by atoms with Gasteiger partial charge in [0, 0.05) is 12.1 Å². The van der Waals surface area contributed by atoms with E-state index in [1.807, 2.05) is 18.2 Å². The summed E-state index contributed by atoms with van der Waals surface area (Å²) in [5.41, 5.74) is 1.56. The normalized spacial score (nSPS) is 24.3. The van der Waals surface area contributed by atoms with Gasteiger partial charge >= 0.3 is 5.97 Å². The molecule has 27 heavy (non-hydrogen) atoms. The predicted octanol–water partition coefficient (Wildman–Crippen LogP) is 5.30. The Balaban J connectivity index is 1.35. The number of carbonyl (C=O) groups is 1. The molecule has 3 fully saturated rings. The quantitative estimate of drug-likeness (QED) is 0.637. The summed E-state index contributed by atoms with van der Waals surface area (Å²) in [6.07, 6.45) is 14.3. The lowest BCUT2D eigenvalue weighted by molar-refractivity contribution is -0.147. The summed E-state index contributed by atoms with van der Waals surface area (Å²) in [6.45, 7) is 2.65. The summed E-state index contributed by atoms with van der Waals surface area (Å²) in [4.78, 5) is 15.7. The third kappa shape index (κ3) is 4.23. The number of nitrogens with zero attached hydrogens (tertiary/aromatic N) is 1. The summed E-state index contributed by atoms with van der Waals surface area (Å²) in [5.74, 6) is 0.386. The molecule has 0 N–H and O–H groups in total. The summed E-state index contributed by atoms with van der Waals surface area (Å²) < 4.78 is 5.89. The van der Waals surface area contributed by atoms with Crippen LogP contribution in [0.1, 0.15) is 82.1 Å². The number of rotatable bonds is 6. The average Bonchev–Trinajstić information content (AvgIpc) is 3.35. The summed E-state index contributed by atoms with van der Waals surface area (Å²) in [5, 5.41) is 0. The maximum atomic E-state index is 13.0. The third-order valence-electron chi connectivity index (χ3n) is 7.41. The van der Waals surface area contributed by atoms with E-state index in [1.165, 1.54) is 64.3 Å². The minimum absolute atomic E-state index is 0.00462. The number of ether oxygens (including phenoxy) is 1. The molecule has 1 atom stereocenters. The molecule has 1 aliphatic heterocycles. The second kappa shape index (κ2) is 8.77. The molecule has 1 saturated heterocycles. The molecule has 2 aliphatic carbocycles. The Bertz CT molecular complexity index is 602. The topological polar surface area (TPSA) is 29.5 Å². The van der Waals surface area contributed by atoms with Crippen LogP contribution in [0, 0.1) is 5.92 Å². The smallest absolute Gasteiger partial charge is 0.313 e. The van der Waals surface area contributed by atoms with Crippen LogP contribution in [0.25, 0.3) is 0 Å². The number of hydrogen-bond donors (Lipinski definition) is 0. The Kier molecular flexibility index (Phi) is 6.17. The van der Waals surface area contributed by atoms with Gasteiger partial charge in [-0.3, -0.25) is 9.69 Å². The Morgan fingerprint density at radius 3 is 2.44 bits per heavy atom. The Labute approximate surface area is 164 Å². The van der Waals surface area contributed by atoms with Crippen molar-refractivity contribution in [3.8, 4) is 0 Å². The molecule has 0 bridgehead atoms. The SMILES string of the molecule is O=C(OCCN1CCCC12CCCCC2)[C@@H](c1ccccc1)C1CCCC1. The van der Waals surface area contributed by atoms with Crippen molar-refractivity contribution in [2.45, 2.75) is 82.1 Å². The van der Waals surface area contributed by atoms with E-state index >= 15 is 0 Å². The van der Waals surface area contributed by atoms with Crippen molar-refractivity contribution < 1.29 is 9.53 Å². The fraction of sp³-hybridized carbons (Fsp3) is 0.708. The van der Waals surface area contributed by atoms with Crippen LogP contribution in [0.5, 0.6) is 0 Å². The molecule has 3 heteroatoms. The molecule has 148 valence electrons. The van der Waals surface area contributed by atoms with Gasteiger partial charge in [0.2, 0.25) is 0 Å². The van der Waals surface area contributed by atoms with Crippen molar-refractivity contribution >= 4 is 5.97 Å². The van der Waals surface area contributed by atoms with E-state index in [0.717, 1.165) is 24.9 Å². The van der Waals surface area contributed by atoms with Crippen LogP contribution in [0.2, 0.25) is 0 Å². The highest BCUT2D eigenvalue weighted by Gasteiger charge is 2.41. The first-order chi connectivity index (χ1) is 13.3. The van der Waals surface area contributed by atoms with Crippen molar-refractivity contribution in [1.82, 2.24) is 4.90 Å². The van der Waals surface area contributed by atoms with Crippen LogP contribution in [-0.2, 0) is 9.53 Å². The van der Waals surface area contributed by atoms with Gasteiger partial charge in [0.15, 0.2) is 0 Å². The lowest BCUT2D eigenvalue weighted by Gasteiger charge is -2.41. The van der Waals surface area contributed by atoms with Gasteiger partial charge in [0.25, 0.3) is 0 Å².